The minimum Gasteiger partial charge on any atom is -0.351 e. The Bertz CT molecular complexity index is 708. The summed E-state index contributed by atoms with van der Waals surface area (Å²) in [5.41, 5.74) is 0.158. The molecule has 0 aliphatic heterocycles. The van der Waals surface area contributed by atoms with Gasteiger partial charge in [-0.25, -0.2) is 9.11 Å². The van der Waals surface area contributed by atoms with Gasteiger partial charge < -0.3 is 5.32 Å². The number of hydrogen-bond acceptors (Lipinski definition) is 3. The molecule has 1 amide bonds. The molecule has 28 heavy (non-hydrogen) atoms. The number of halogens is 1. The van der Waals surface area contributed by atoms with Crippen LogP contribution in [-0.4, -0.2) is 17.5 Å². The fraction of sp³-hybridized carbons (Fsp3) is 0.696. The predicted molar refractivity (Wildman–Crippen MR) is 115 cm³/mol. The highest BCUT2D eigenvalue weighted by atomic mass is 32.2. The first-order valence-corrected chi connectivity index (χ1v) is 11.5. The Labute approximate surface area is 173 Å². The fourth-order valence-electron chi connectivity index (χ4n) is 5.02. The maximum Gasteiger partial charge on any atom is 0.240 e. The van der Waals surface area contributed by atoms with Gasteiger partial charge in [0.1, 0.15) is 11.4 Å². The van der Waals surface area contributed by atoms with Crippen LogP contribution >= 0.6 is 11.9 Å². The number of nitrogens with one attached hydrogen (secondary N) is 2. The monoisotopic (exact) mass is 406 g/mol. The van der Waals surface area contributed by atoms with Gasteiger partial charge in [-0.2, -0.15) is 0 Å². The van der Waals surface area contributed by atoms with Crippen LogP contribution in [0.1, 0.15) is 65.4 Å². The Balaban J connectivity index is 1.64. The molecule has 5 heteroatoms. The van der Waals surface area contributed by atoms with Gasteiger partial charge in [-0.15, -0.1) is 0 Å². The molecule has 156 valence electrons. The molecule has 2 aliphatic rings. The van der Waals surface area contributed by atoms with Crippen LogP contribution in [-0.2, 0) is 4.79 Å². The van der Waals surface area contributed by atoms with Crippen molar-refractivity contribution >= 4 is 17.9 Å². The molecule has 3 nitrogen and oxygen atoms in total. The second-order valence-corrected chi connectivity index (χ2v) is 10.6. The highest BCUT2D eigenvalue weighted by molar-refractivity contribution is 7.97. The van der Waals surface area contributed by atoms with E-state index in [2.05, 4.69) is 23.9 Å². The maximum atomic E-state index is 13.3. The Morgan fingerprint density at radius 1 is 1.18 bits per heavy atom. The zero-order valence-electron chi connectivity index (χ0n) is 17.8. The third-order valence-electron chi connectivity index (χ3n) is 6.65. The number of aryl methyl sites for hydroxylation is 1. The predicted octanol–water partition coefficient (Wildman–Crippen LogP) is 5.48. The van der Waals surface area contributed by atoms with Crippen molar-refractivity contribution in [2.75, 3.05) is 0 Å². The van der Waals surface area contributed by atoms with Gasteiger partial charge in [0.25, 0.3) is 0 Å². The Kier molecular flexibility index (Phi) is 6.76. The highest BCUT2D eigenvalue weighted by Crippen LogP contribution is 2.43. The van der Waals surface area contributed by atoms with Gasteiger partial charge in [-0.1, -0.05) is 20.3 Å². The molecular weight excluding hydrogens is 371 g/mol. The van der Waals surface area contributed by atoms with Crippen molar-refractivity contribution in [1.29, 1.82) is 0 Å². The summed E-state index contributed by atoms with van der Waals surface area (Å²) in [6, 6.07) is 5.00. The van der Waals surface area contributed by atoms with E-state index in [-0.39, 0.29) is 17.8 Å². The lowest BCUT2D eigenvalue weighted by molar-refractivity contribution is -0.127. The fourth-order valence-corrected chi connectivity index (χ4v) is 5.84. The highest BCUT2D eigenvalue weighted by Gasteiger charge is 2.40. The summed E-state index contributed by atoms with van der Waals surface area (Å²) in [5.74, 6) is 2.53. The second-order valence-electron chi connectivity index (χ2n) is 9.73. The van der Waals surface area contributed by atoms with Crippen LogP contribution in [0.4, 0.5) is 4.39 Å². The first-order chi connectivity index (χ1) is 13.2. The van der Waals surface area contributed by atoms with E-state index in [1.807, 2.05) is 20.8 Å². The van der Waals surface area contributed by atoms with Crippen LogP contribution in [0.3, 0.4) is 0 Å². The van der Waals surface area contributed by atoms with E-state index < -0.39 is 5.54 Å². The number of benzene rings is 1. The van der Waals surface area contributed by atoms with Gasteiger partial charge >= 0.3 is 0 Å². The molecule has 0 aromatic heterocycles. The van der Waals surface area contributed by atoms with E-state index in [4.69, 9.17) is 0 Å². The zero-order valence-corrected chi connectivity index (χ0v) is 18.7. The van der Waals surface area contributed by atoms with E-state index in [0.29, 0.717) is 11.8 Å². The quantitative estimate of drug-likeness (QED) is 0.637. The van der Waals surface area contributed by atoms with Gasteiger partial charge in [0.15, 0.2) is 0 Å². The molecular formula is C23H35FN2OS. The molecule has 2 saturated carbocycles. The lowest BCUT2D eigenvalue weighted by Gasteiger charge is -2.38. The van der Waals surface area contributed by atoms with Crippen LogP contribution in [0.25, 0.3) is 0 Å². The van der Waals surface area contributed by atoms with Crippen molar-refractivity contribution < 1.29 is 9.18 Å². The molecule has 1 aromatic carbocycles. The van der Waals surface area contributed by atoms with Gasteiger partial charge in [0.2, 0.25) is 5.91 Å². The summed E-state index contributed by atoms with van der Waals surface area (Å²) < 4.78 is 16.6. The van der Waals surface area contributed by atoms with E-state index >= 15 is 0 Å². The molecule has 5 unspecified atom stereocenters. The standard InChI is InChI=1S/C23H35FN2OS/c1-14-10-17-7-6-15(2)21(18(11-14)13-17)25-22(27)23(4,5)26-28-20-9-8-19(24)12-16(20)3/h8-9,12,14-15,17-18,21,26H,6-7,10-11,13H2,1-5H3,(H,25,27). The number of fused-ring (bicyclic) bond motifs is 2. The second kappa shape index (κ2) is 8.74. The summed E-state index contributed by atoms with van der Waals surface area (Å²) in [5, 5.41) is 3.41. The summed E-state index contributed by atoms with van der Waals surface area (Å²) >= 11 is 1.40. The lowest BCUT2D eigenvalue weighted by Crippen LogP contribution is -2.56. The Hall–Kier alpha value is -1.07. The van der Waals surface area contributed by atoms with Crippen molar-refractivity contribution in [2.45, 2.75) is 83.2 Å². The molecule has 5 atom stereocenters. The minimum atomic E-state index is -0.711. The van der Waals surface area contributed by atoms with Crippen molar-refractivity contribution in [3.05, 3.63) is 29.6 Å². The number of carbonyl (C=O) groups excluding carboxylic acids is 1. The Morgan fingerprint density at radius 2 is 1.93 bits per heavy atom. The number of hydrogen-bond donors (Lipinski definition) is 2. The largest absolute Gasteiger partial charge is 0.351 e. The summed E-state index contributed by atoms with van der Waals surface area (Å²) in [7, 11) is 0. The van der Waals surface area contributed by atoms with Crippen LogP contribution < -0.4 is 10.0 Å². The van der Waals surface area contributed by atoms with E-state index in [1.54, 1.807) is 6.07 Å². The topological polar surface area (TPSA) is 41.1 Å². The molecule has 2 N–H and O–H groups in total. The zero-order chi connectivity index (χ0) is 20.5. The van der Waals surface area contributed by atoms with Crippen molar-refractivity contribution in [1.82, 2.24) is 10.0 Å². The maximum absolute atomic E-state index is 13.3. The number of rotatable bonds is 5. The molecule has 2 aliphatic carbocycles. The SMILES string of the molecule is Cc1cc(F)ccc1SNC(C)(C)C(=O)NC1C(C)CCC2CC(C)CC1C2. The number of carbonyl (C=O) groups is 1. The molecule has 0 heterocycles. The van der Waals surface area contributed by atoms with E-state index in [0.717, 1.165) is 22.3 Å². The minimum absolute atomic E-state index is 0.0493. The smallest absolute Gasteiger partial charge is 0.240 e. The first-order valence-electron chi connectivity index (χ1n) is 10.7. The molecule has 2 bridgehead atoms. The van der Waals surface area contributed by atoms with Gasteiger partial charge in [-0.3, -0.25) is 4.79 Å². The average molecular weight is 407 g/mol. The summed E-state index contributed by atoms with van der Waals surface area (Å²) in [6.07, 6.45) is 6.34. The molecule has 2 fully saturated rings. The molecule has 0 spiro atoms. The van der Waals surface area contributed by atoms with Crippen molar-refractivity contribution in [3.8, 4) is 0 Å². The molecule has 1 aromatic rings. The summed E-state index contributed by atoms with van der Waals surface area (Å²) in [4.78, 5) is 14.1. The normalized spacial score (nSPS) is 30.6. The van der Waals surface area contributed by atoms with Crippen LogP contribution in [0.15, 0.2) is 23.1 Å². The Morgan fingerprint density at radius 3 is 2.64 bits per heavy atom. The molecule has 0 saturated heterocycles. The van der Waals surface area contributed by atoms with Gasteiger partial charge in [0, 0.05) is 10.9 Å². The van der Waals surface area contributed by atoms with E-state index in [1.165, 1.54) is 56.2 Å². The van der Waals surface area contributed by atoms with E-state index in [9.17, 15) is 9.18 Å². The third-order valence-corrected chi connectivity index (χ3v) is 7.94. The van der Waals surface area contributed by atoms with Crippen LogP contribution in [0, 0.1) is 36.4 Å². The first kappa shape index (κ1) is 21.6. The van der Waals surface area contributed by atoms with Gasteiger partial charge in [0.05, 0.1) is 0 Å². The molecule has 3 rings (SSSR count). The van der Waals surface area contributed by atoms with Crippen LogP contribution in [0.2, 0.25) is 0 Å². The van der Waals surface area contributed by atoms with Crippen LogP contribution in [0.5, 0.6) is 0 Å². The average Bonchev–Trinajstić information content (AvgIpc) is 2.72. The van der Waals surface area contributed by atoms with Gasteiger partial charge in [-0.05, 0) is 106 Å². The molecule has 0 radical (unpaired) electrons. The number of amides is 1. The van der Waals surface area contributed by atoms with Crippen molar-refractivity contribution in [3.63, 3.8) is 0 Å². The summed E-state index contributed by atoms with van der Waals surface area (Å²) in [6.45, 7) is 10.4. The third kappa shape index (κ3) is 5.10. The van der Waals surface area contributed by atoms with Crippen molar-refractivity contribution in [2.24, 2.45) is 23.7 Å². The lowest BCUT2D eigenvalue weighted by atomic mass is 9.73.